The molecule has 1 aliphatic heterocycles. The van der Waals surface area contributed by atoms with Crippen LogP contribution in [-0.2, 0) is 4.79 Å². The molecule has 16 heavy (non-hydrogen) atoms. The van der Waals surface area contributed by atoms with Crippen molar-refractivity contribution in [3.63, 3.8) is 0 Å². The van der Waals surface area contributed by atoms with E-state index in [9.17, 15) is 4.79 Å². The average molecular weight is 216 g/mol. The van der Waals surface area contributed by atoms with Crippen LogP contribution in [0, 0.1) is 17.8 Å². The summed E-state index contributed by atoms with van der Waals surface area (Å²) in [6.45, 7) is 1.59. The van der Waals surface area contributed by atoms with E-state index >= 15 is 0 Å². The highest BCUT2D eigenvalue weighted by Gasteiger charge is 2.60. The highest BCUT2D eigenvalue weighted by atomic mass is 16.2. The summed E-state index contributed by atoms with van der Waals surface area (Å²) < 4.78 is 0. The highest BCUT2D eigenvalue weighted by Crippen LogP contribution is 2.54. The van der Waals surface area contributed by atoms with E-state index in [4.69, 9.17) is 5.73 Å². The Morgan fingerprint density at radius 2 is 2.06 bits per heavy atom. The molecule has 3 heteroatoms. The molecule has 0 radical (unpaired) electrons. The molecule has 0 unspecified atom stereocenters. The van der Waals surface area contributed by atoms with Gasteiger partial charge < -0.3 is 10.6 Å². The maximum absolute atomic E-state index is 12.1. The van der Waals surface area contributed by atoms with Crippen LogP contribution in [0.1, 0.15) is 6.42 Å². The van der Waals surface area contributed by atoms with Crippen LogP contribution in [0.15, 0.2) is 30.3 Å². The first-order valence-corrected chi connectivity index (χ1v) is 5.89. The van der Waals surface area contributed by atoms with Crippen molar-refractivity contribution >= 4 is 11.6 Å². The molecule has 2 fully saturated rings. The third kappa shape index (κ3) is 1.35. The topological polar surface area (TPSA) is 46.3 Å². The first kappa shape index (κ1) is 9.85. The molecule has 0 aromatic heterocycles. The molecule has 3 atom stereocenters. The van der Waals surface area contributed by atoms with Crippen molar-refractivity contribution in [2.75, 3.05) is 18.0 Å². The van der Waals surface area contributed by atoms with Gasteiger partial charge in [-0.3, -0.25) is 4.79 Å². The minimum absolute atomic E-state index is 0.267. The van der Waals surface area contributed by atoms with Crippen LogP contribution in [0.25, 0.3) is 0 Å². The van der Waals surface area contributed by atoms with E-state index in [0.717, 1.165) is 18.7 Å². The zero-order valence-corrected chi connectivity index (χ0v) is 9.17. The molecule has 1 aromatic rings. The predicted octanol–water partition coefficient (Wildman–Crippen LogP) is 1.24. The minimum Gasteiger partial charge on any atom is -0.330 e. The van der Waals surface area contributed by atoms with Gasteiger partial charge in [-0.15, -0.1) is 0 Å². The maximum atomic E-state index is 12.1. The molecule has 0 spiro atoms. The number of fused-ring (bicyclic) bond motifs is 1. The second-order valence-corrected chi connectivity index (χ2v) is 4.72. The van der Waals surface area contributed by atoms with Crippen LogP contribution in [0.3, 0.4) is 0 Å². The van der Waals surface area contributed by atoms with Crippen molar-refractivity contribution in [3.8, 4) is 0 Å². The lowest BCUT2D eigenvalue weighted by atomic mass is 10.2. The second-order valence-electron chi connectivity index (χ2n) is 4.72. The molecule has 84 valence electrons. The van der Waals surface area contributed by atoms with Crippen LogP contribution in [0.5, 0.6) is 0 Å². The van der Waals surface area contributed by atoms with Crippen molar-refractivity contribution in [1.82, 2.24) is 0 Å². The number of anilines is 1. The summed E-state index contributed by atoms with van der Waals surface area (Å²) in [7, 11) is 0. The van der Waals surface area contributed by atoms with E-state index in [1.54, 1.807) is 0 Å². The Labute approximate surface area is 95.2 Å². The quantitative estimate of drug-likeness (QED) is 0.826. The Hall–Kier alpha value is -1.35. The summed E-state index contributed by atoms with van der Waals surface area (Å²) in [6, 6.07) is 9.93. The largest absolute Gasteiger partial charge is 0.330 e. The van der Waals surface area contributed by atoms with Gasteiger partial charge in [0.1, 0.15) is 0 Å². The summed E-state index contributed by atoms with van der Waals surface area (Å²) in [4.78, 5) is 14.0. The normalized spacial score (nSPS) is 31.7. The minimum atomic E-state index is 0.267. The molecule has 1 saturated carbocycles. The van der Waals surface area contributed by atoms with Gasteiger partial charge in [-0.1, -0.05) is 18.2 Å². The van der Waals surface area contributed by atoms with Crippen molar-refractivity contribution in [2.24, 2.45) is 23.5 Å². The summed E-state index contributed by atoms with van der Waals surface area (Å²) in [6.07, 6.45) is 1.00. The maximum Gasteiger partial charge on any atom is 0.230 e. The zero-order valence-electron chi connectivity index (χ0n) is 9.17. The van der Waals surface area contributed by atoms with E-state index in [0.29, 0.717) is 24.3 Å². The second kappa shape index (κ2) is 3.59. The van der Waals surface area contributed by atoms with Gasteiger partial charge in [0.2, 0.25) is 5.91 Å². The number of benzene rings is 1. The number of hydrogen-bond donors (Lipinski definition) is 1. The fourth-order valence-electron chi connectivity index (χ4n) is 2.97. The smallest absolute Gasteiger partial charge is 0.230 e. The van der Waals surface area contributed by atoms with Gasteiger partial charge in [-0.05, 0) is 36.9 Å². The Bertz CT molecular complexity index is 404. The Balaban J connectivity index is 1.73. The number of carbonyl (C=O) groups is 1. The summed E-state index contributed by atoms with van der Waals surface area (Å²) >= 11 is 0. The van der Waals surface area contributed by atoms with Gasteiger partial charge in [0.25, 0.3) is 0 Å². The predicted molar refractivity (Wildman–Crippen MR) is 62.9 cm³/mol. The highest BCUT2D eigenvalue weighted by molar-refractivity contribution is 6.00. The molecule has 1 aliphatic carbocycles. The summed E-state index contributed by atoms with van der Waals surface area (Å²) in [5.74, 6) is 1.70. The first-order valence-electron chi connectivity index (χ1n) is 5.89. The van der Waals surface area contributed by atoms with E-state index in [2.05, 4.69) is 0 Å². The van der Waals surface area contributed by atoms with E-state index in [1.807, 2.05) is 35.2 Å². The van der Waals surface area contributed by atoms with E-state index in [1.165, 1.54) is 0 Å². The molecular weight excluding hydrogens is 200 g/mol. The Morgan fingerprint density at radius 1 is 1.31 bits per heavy atom. The van der Waals surface area contributed by atoms with Crippen molar-refractivity contribution in [3.05, 3.63) is 30.3 Å². The molecule has 3 rings (SSSR count). The number of nitrogens with two attached hydrogens (primary N) is 1. The lowest BCUT2D eigenvalue weighted by Crippen LogP contribution is -2.30. The van der Waals surface area contributed by atoms with Crippen LogP contribution in [-0.4, -0.2) is 19.0 Å². The monoisotopic (exact) mass is 216 g/mol. The number of nitrogens with zero attached hydrogens (tertiary/aromatic N) is 1. The third-order valence-electron chi connectivity index (χ3n) is 3.84. The lowest BCUT2D eigenvalue weighted by Gasteiger charge is -2.19. The molecule has 0 bridgehead atoms. The standard InChI is InChI=1S/C13H16N2O/c14-7-6-10-11-8-15(13(16)12(10)11)9-4-2-1-3-5-9/h1-5,10-12H,6-8,14H2/t10-,11-,12-/m0/s1. The molecule has 1 aromatic carbocycles. The van der Waals surface area contributed by atoms with E-state index < -0.39 is 0 Å². The number of para-hydroxylation sites is 1. The molecule has 3 nitrogen and oxygen atoms in total. The van der Waals surface area contributed by atoms with Crippen LogP contribution < -0.4 is 10.6 Å². The van der Waals surface area contributed by atoms with Crippen molar-refractivity contribution in [2.45, 2.75) is 6.42 Å². The molecular formula is C13H16N2O. The number of carbonyl (C=O) groups excluding carboxylic acids is 1. The van der Waals surface area contributed by atoms with Crippen LogP contribution in [0.2, 0.25) is 0 Å². The Kier molecular flexibility index (Phi) is 2.21. The molecule has 1 saturated heterocycles. The van der Waals surface area contributed by atoms with Gasteiger partial charge in [0, 0.05) is 18.2 Å². The first-order chi connectivity index (χ1) is 7.83. The SMILES string of the molecule is NCC[C@H]1[C@@H]2CN(c3ccccc3)C(=O)[C@@H]12. The van der Waals surface area contributed by atoms with Gasteiger partial charge in [0.05, 0.1) is 0 Å². The number of amides is 1. The number of hydrogen-bond acceptors (Lipinski definition) is 2. The van der Waals surface area contributed by atoms with Crippen molar-refractivity contribution < 1.29 is 4.79 Å². The lowest BCUT2D eigenvalue weighted by molar-refractivity contribution is -0.119. The fraction of sp³-hybridized carbons (Fsp3) is 0.462. The molecule has 1 amide bonds. The number of piperidine rings is 1. The van der Waals surface area contributed by atoms with Gasteiger partial charge >= 0.3 is 0 Å². The Morgan fingerprint density at radius 3 is 2.62 bits per heavy atom. The van der Waals surface area contributed by atoms with Gasteiger partial charge in [-0.2, -0.15) is 0 Å². The third-order valence-corrected chi connectivity index (χ3v) is 3.84. The van der Waals surface area contributed by atoms with Crippen LogP contribution >= 0.6 is 0 Å². The summed E-state index contributed by atoms with van der Waals surface area (Å²) in [5, 5.41) is 0. The summed E-state index contributed by atoms with van der Waals surface area (Å²) in [5.41, 5.74) is 6.57. The van der Waals surface area contributed by atoms with E-state index in [-0.39, 0.29) is 5.92 Å². The molecule has 1 heterocycles. The van der Waals surface area contributed by atoms with Gasteiger partial charge in [0.15, 0.2) is 0 Å². The van der Waals surface area contributed by atoms with Crippen molar-refractivity contribution in [1.29, 1.82) is 0 Å². The zero-order chi connectivity index (χ0) is 11.1. The van der Waals surface area contributed by atoms with Crippen LogP contribution in [0.4, 0.5) is 5.69 Å². The molecule has 2 aliphatic rings. The van der Waals surface area contributed by atoms with Gasteiger partial charge in [-0.25, -0.2) is 0 Å². The fourth-order valence-corrected chi connectivity index (χ4v) is 2.97. The molecule has 2 N–H and O–H groups in total. The average Bonchev–Trinajstić information content (AvgIpc) is 2.88. The number of rotatable bonds is 3.